The summed E-state index contributed by atoms with van der Waals surface area (Å²) in [5.74, 6) is 0.329. The second-order valence-electron chi connectivity index (χ2n) is 5.41. The van der Waals surface area contributed by atoms with Gasteiger partial charge in [0.2, 0.25) is 5.91 Å². The molecule has 0 fully saturated rings. The van der Waals surface area contributed by atoms with Crippen LogP contribution in [0.1, 0.15) is 5.76 Å². The Balaban J connectivity index is 1.52. The first-order chi connectivity index (χ1) is 12.7. The predicted octanol–water partition coefficient (Wildman–Crippen LogP) is 2.35. The number of H-pyrrole nitrogens is 1. The summed E-state index contributed by atoms with van der Waals surface area (Å²) in [7, 11) is 0. The van der Waals surface area contributed by atoms with E-state index in [1.54, 1.807) is 47.2 Å². The fourth-order valence-electron chi connectivity index (χ4n) is 2.46. The van der Waals surface area contributed by atoms with Crippen molar-refractivity contribution in [2.24, 2.45) is 0 Å². The molecule has 0 atom stereocenters. The minimum atomic E-state index is -0.271. The van der Waals surface area contributed by atoms with Crippen LogP contribution in [0.3, 0.4) is 0 Å². The average Bonchev–Trinajstić information content (AvgIpc) is 3.31. The quantitative estimate of drug-likeness (QED) is 0.551. The van der Waals surface area contributed by atoms with Gasteiger partial charge < -0.3 is 14.7 Å². The highest BCUT2D eigenvalue weighted by atomic mass is 16.3. The predicted molar refractivity (Wildman–Crippen MR) is 95.9 cm³/mol. The van der Waals surface area contributed by atoms with E-state index >= 15 is 0 Å². The minimum absolute atomic E-state index is 0.242. The van der Waals surface area contributed by atoms with E-state index in [1.165, 1.54) is 24.9 Å². The molecule has 4 rings (SSSR count). The Kier molecular flexibility index (Phi) is 3.91. The van der Waals surface area contributed by atoms with Crippen LogP contribution in [0, 0.1) is 0 Å². The molecule has 4 aromatic rings. The zero-order valence-electron chi connectivity index (χ0n) is 13.4. The highest BCUT2D eigenvalue weighted by Crippen LogP contribution is 2.16. The lowest BCUT2D eigenvalue weighted by atomic mass is 10.2. The smallest absolute Gasteiger partial charge is 0.261 e. The van der Waals surface area contributed by atoms with Crippen molar-refractivity contribution < 1.29 is 9.21 Å². The highest BCUT2D eigenvalue weighted by Gasteiger charge is 2.09. The lowest BCUT2D eigenvalue weighted by molar-refractivity contribution is -0.111. The molecule has 3 heterocycles. The molecule has 0 saturated carbocycles. The minimum Gasteiger partial charge on any atom is -0.465 e. The molecule has 0 aliphatic heterocycles. The molecule has 1 aromatic carbocycles. The first kappa shape index (κ1) is 15.6. The van der Waals surface area contributed by atoms with Crippen LogP contribution < -0.4 is 10.9 Å². The molecule has 3 aromatic heterocycles. The molecular weight excluding hydrogens is 334 g/mol. The molecule has 0 aliphatic carbocycles. The Labute approximate surface area is 146 Å². The maximum absolute atomic E-state index is 11.9. The summed E-state index contributed by atoms with van der Waals surface area (Å²) in [6.45, 7) is 0. The lowest BCUT2D eigenvalue weighted by Crippen LogP contribution is -2.08. The van der Waals surface area contributed by atoms with E-state index in [0.717, 1.165) is 5.69 Å². The highest BCUT2D eigenvalue weighted by molar-refractivity contribution is 6.01. The Morgan fingerprint density at radius 3 is 2.85 bits per heavy atom. The summed E-state index contributed by atoms with van der Waals surface area (Å²) in [5, 5.41) is 7.37. The van der Waals surface area contributed by atoms with Crippen molar-refractivity contribution in [3.63, 3.8) is 0 Å². The van der Waals surface area contributed by atoms with Crippen molar-refractivity contribution in [3.8, 4) is 5.69 Å². The zero-order chi connectivity index (χ0) is 17.9. The van der Waals surface area contributed by atoms with Gasteiger partial charge in [0.1, 0.15) is 11.1 Å². The number of aromatic amines is 1. The molecule has 0 saturated heterocycles. The summed E-state index contributed by atoms with van der Waals surface area (Å²) in [6, 6.07) is 10.6. The average molecular weight is 347 g/mol. The van der Waals surface area contributed by atoms with Gasteiger partial charge in [-0.3, -0.25) is 9.59 Å². The van der Waals surface area contributed by atoms with E-state index in [2.05, 4.69) is 20.4 Å². The first-order valence-corrected chi connectivity index (χ1v) is 7.75. The summed E-state index contributed by atoms with van der Waals surface area (Å²) in [4.78, 5) is 30.3. The SMILES string of the molecule is O=C(/C=C/c1ccco1)Nc1ccc(-n2ncc3c(=O)[nH]cnc32)cc1. The van der Waals surface area contributed by atoms with Gasteiger partial charge in [0, 0.05) is 11.8 Å². The summed E-state index contributed by atoms with van der Waals surface area (Å²) >= 11 is 0. The van der Waals surface area contributed by atoms with Gasteiger partial charge in [0.05, 0.1) is 24.5 Å². The summed E-state index contributed by atoms with van der Waals surface area (Å²) in [5.41, 5.74) is 1.58. The number of hydrogen-bond donors (Lipinski definition) is 2. The van der Waals surface area contributed by atoms with Crippen LogP contribution in [0.4, 0.5) is 5.69 Å². The maximum Gasteiger partial charge on any atom is 0.261 e. The number of nitrogens with zero attached hydrogens (tertiary/aromatic N) is 3. The molecule has 8 nitrogen and oxygen atoms in total. The van der Waals surface area contributed by atoms with Crippen molar-refractivity contribution >= 4 is 28.7 Å². The van der Waals surface area contributed by atoms with Crippen molar-refractivity contribution in [1.82, 2.24) is 19.7 Å². The fraction of sp³-hybridized carbons (Fsp3) is 0. The van der Waals surface area contributed by atoms with Gasteiger partial charge in [-0.1, -0.05) is 0 Å². The van der Waals surface area contributed by atoms with Crippen molar-refractivity contribution in [3.05, 3.63) is 77.4 Å². The number of rotatable bonds is 4. The normalized spacial score (nSPS) is 11.2. The zero-order valence-corrected chi connectivity index (χ0v) is 13.4. The summed E-state index contributed by atoms with van der Waals surface area (Å²) < 4.78 is 6.69. The van der Waals surface area contributed by atoms with Crippen LogP contribution in [0.5, 0.6) is 0 Å². The maximum atomic E-state index is 11.9. The third-order valence-corrected chi connectivity index (χ3v) is 3.69. The molecule has 0 unspecified atom stereocenters. The number of anilines is 1. The largest absolute Gasteiger partial charge is 0.465 e. The number of amides is 1. The number of benzene rings is 1. The van der Waals surface area contributed by atoms with Crippen molar-refractivity contribution in [2.75, 3.05) is 5.32 Å². The Bertz CT molecular complexity index is 1140. The Morgan fingerprint density at radius 2 is 2.08 bits per heavy atom. The van der Waals surface area contributed by atoms with Gasteiger partial charge in [-0.25, -0.2) is 9.67 Å². The third-order valence-electron chi connectivity index (χ3n) is 3.69. The van der Waals surface area contributed by atoms with Gasteiger partial charge >= 0.3 is 0 Å². The molecular formula is C18H13N5O3. The second kappa shape index (κ2) is 6.52. The number of hydrogen-bond acceptors (Lipinski definition) is 5. The summed E-state index contributed by atoms with van der Waals surface area (Å²) in [6.07, 6.45) is 7.32. The van der Waals surface area contributed by atoms with Crippen LogP contribution in [0.25, 0.3) is 22.8 Å². The van der Waals surface area contributed by atoms with E-state index < -0.39 is 0 Å². The van der Waals surface area contributed by atoms with Gasteiger partial charge in [0.15, 0.2) is 5.65 Å². The molecule has 1 amide bonds. The topological polar surface area (TPSA) is 106 Å². The van der Waals surface area contributed by atoms with E-state index in [1.807, 2.05) is 0 Å². The standard InChI is InChI=1S/C18H13N5O3/c24-16(8-7-14-2-1-9-26-14)22-12-3-5-13(6-4-12)23-17-15(10-21-23)18(25)20-11-19-17/h1-11H,(H,22,24)(H,19,20,25)/b8-7+. The number of carbonyl (C=O) groups is 1. The van der Waals surface area contributed by atoms with E-state index in [4.69, 9.17) is 4.42 Å². The van der Waals surface area contributed by atoms with E-state index in [-0.39, 0.29) is 11.5 Å². The van der Waals surface area contributed by atoms with Gasteiger partial charge in [-0.2, -0.15) is 5.10 Å². The monoisotopic (exact) mass is 347 g/mol. The molecule has 2 N–H and O–H groups in total. The van der Waals surface area contributed by atoms with Crippen molar-refractivity contribution in [1.29, 1.82) is 0 Å². The number of nitrogens with one attached hydrogen (secondary N) is 2. The lowest BCUT2D eigenvalue weighted by Gasteiger charge is -2.05. The molecule has 0 radical (unpaired) electrons. The first-order valence-electron chi connectivity index (χ1n) is 7.75. The molecule has 0 spiro atoms. The number of carbonyl (C=O) groups excluding carboxylic acids is 1. The van der Waals surface area contributed by atoms with E-state index in [9.17, 15) is 9.59 Å². The number of fused-ring (bicyclic) bond motifs is 1. The van der Waals surface area contributed by atoms with Crippen LogP contribution >= 0.6 is 0 Å². The van der Waals surface area contributed by atoms with Crippen LogP contribution in [-0.4, -0.2) is 25.7 Å². The van der Waals surface area contributed by atoms with Crippen LogP contribution in [0.2, 0.25) is 0 Å². The Morgan fingerprint density at radius 1 is 1.23 bits per heavy atom. The Hall–Kier alpha value is -3.94. The molecule has 0 bridgehead atoms. The van der Waals surface area contributed by atoms with Gasteiger partial charge in [-0.05, 0) is 42.5 Å². The fourth-order valence-corrected chi connectivity index (χ4v) is 2.46. The van der Waals surface area contributed by atoms with E-state index in [0.29, 0.717) is 22.5 Å². The van der Waals surface area contributed by atoms with Crippen LogP contribution in [-0.2, 0) is 4.79 Å². The molecule has 26 heavy (non-hydrogen) atoms. The van der Waals surface area contributed by atoms with Gasteiger partial charge in [0.25, 0.3) is 5.56 Å². The van der Waals surface area contributed by atoms with Gasteiger partial charge in [-0.15, -0.1) is 0 Å². The molecule has 8 heteroatoms. The molecule has 128 valence electrons. The second-order valence-corrected chi connectivity index (χ2v) is 5.41. The number of aromatic nitrogens is 4. The molecule has 0 aliphatic rings. The van der Waals surface area contributed by atoms with Crippen molar-refractivity contribution in [2.45, 2.75) is 0 Å². The third kappa shape index (κ3) is 3.03. The number of furan rings is 1. The van der Waals surface area contributed by atoms with Crippen LogP contribution in [0.15, 0.2) is 70.5 Å².